The summed E-state index contributed by atoms with van der Waals surface area (Å²) in [6.45, 7) is 3.82. The number of hydrogen-bond donors (Lipinski definition) is 1. The van der Waals surface area contributed by atoms with Crippen molar-refractivity contribution >= 4 is 27.7 Å². The fourth-order valence-corrected chi connectivity index (χ4v) is 2.41. The summed E-state index contributed by atoms with van der Waals surface area (Å²) in [6, 6.07) is 8.04. The molecule has 1 N–H and O–H groups in total. The third-order valence-corrected chi connectivity index (χ3v) is 3.76. The van der Waals surface area contributed by atoms with Gasteiger partial charge in [-0.2, -0.15) is 0 Å². The van der Waals surface area contributed by atoms with Crippen molar-refractivity contribution in [1.82, 2.24) is 10.3 Å². The lowest BCUT2D eigenvalue weighted by atomic mass is 10.4. The lowest BCUT2D eigenvalue weighted by Gasteiger charge is -1.99. The molecule has 0 aromatic carbocycles. The Kier molecular flexibility index (Phi) is 5.28. The molecule has 0 bridgehead atoms. The Labute approximate surface area is 120 Å². The molecule has 3 nitrogen and oxygen atoms in total. The summed E-state index contributed by atoms with van der Waals surface area (Å²) in [5.74, 6) is 2.77. The number of pyridine rings is 1. The lowest BCUT2D eigenvalue weighted by Crippen LogP contribution is -2.10. The fourth-order valence-electron chi connectivity index (χ4n) is 1.44. The van der Waals surface area contributed by atoms with Gasteiger partial charge < -0.3 is 9.73 Å². The van der Waals surface area contributed by atoms with Crippen molar-refractivity contribution in [2.24, 2.45) is 0 Å². The monoisotopic (exact) mass is 326 g/mol. The van der Waals surface area contributed by atoms with Crippen molar-refractivity contribution in [3.05, 3.63) is 46.5 Å². The highest BCUT2D eigenvalue weighted by atomic mass is 79.9. The van der Waals surface area contributed by atoms with Crippen molar-refractivity contribution in [2.75, 3.05) is 6.54 Å². The average molecular weight is 327 g/mol. The molecule has 0 aliphatic rings. The molecule has 2 rings (SSSR count). The molecule has 0 spiro atoms. The minimum atomic E-state index is 0.789. The Morgan fingerprint density at radius 3 is 2.83 bits per heavy atom. The fraction of sp³-hybridized carbons (Fsp3) is 0.308. The van der Waals surface area contributed by atoms with Crippen LogP contribution in [0.4, 0.5) is 0 Å². The minimum Gasteiger partial charge on any atom is -0.464 e. The normalized spacial score (nSPS) is 10.8. The molecule has 96 valence electrons. The Morgan fingerprint density at radius 1 is 1.28 bits per heavy atom. The van der Waals surface area contributed by atoms with Gasteiger partial charge >= 0.3 is 0 Å². The second-order valence-corrected chi connectivity index (χ2v) is 5.66. The third kappa shape index (κ3) is 4.15. The quantitative estimate of drug-likeness (QED) is 0.818. The van der Waals surface area contributed by atoms with Gasteiger partial charge in [0.1, 0.15) is 11.5 Å². The highest BCUT2D eigenvalue weighted by Crippen LogP contribution is 2.23. The largest absolute Gasteiger partial charge is 0.464 e. The summed E-state index contributed by atoms with van der Waals surface area (Å²) in [4.78, 5) is 4.31. The summed E-state index contributed by atoms with van der Waals surface area (Å²) in [7, 11) is 0. The molecule has 2 heterocycles. The maximum absolute atomic E-state index is 5.71. The van der Waals surface area contributed by atoms with E-state index in [9.17, 15) is 0 Å². The molecule has 18 heavy (non-hydrogen) atoms. The van der Waals surface area contributed by atoms with E-state index in [4.69, 9.17) is 4.42 Å². The first kappa shape index (κ1) is 13.6. The molecule has 0 aliphatic heterocycles. The molecule has 0 unspecified atom stereocenters. The average Bonchev–Trinajstić information content (AvgIpc) is 2.84. The van der Waals surface area contributed by atoms with Crippen molar-refractivity contribution in [3.8, 4) is 0 Å². The van der Waals surface area contributed by atoms with Crippen LogP contribution in [-0.4, -0.2) is 11.5 Å². The first-order valence-electron chi connectivity index (χ1n) is 5.80. The molecule has 0 atom stereocenters. The summed E-state index contributed by atoms with van der Waals surface area (Å²) >= 11 is 5.04. The minimum absolute atomic E-state index is 0.789. The number of hydrogen-bond acceptors (Lipinski definition) is 4. The first-order valence-corrected chi connectivity index (χ1v) is 7.58. The van der Waals surface area contributed by atoms with Crippen molar-refractivity contribution in [1.29, 1.82) is 0 Å². The van der Waals surface area contributed by atoms with Gasteiger partial charge in [-0.3, -0.25) is 0 Å². The van der Waals surface area contributed by atoms with Crippen molar-refractivity contribution in [2.45, 2.75) is 24.2 Å². The number of furan rings is 1. The summed E-state index contributed by atoms with van der Waals surface area (Å²) in [5.41, 5.74) is 0. The highest BCUT2D eigenvalue weighted by molar-refractivity contribution is 9.10. The van der Waals surface area contributed by atoms with Crippen LogP contribution in [0.5, 0.6) is 0 Å². The summed E-state index contributed by atoms with van der Waals surface area (Å²) in [5, 5.41) is 4.24. The maximum Gasteiger partial charge on any atom is 0.117 e. The van der Waals surface area contributed by atoms with Crippen LogP contribution in [0, 0.1) is 0 Å². The molecule has 5 heteroatoms. The maximum atomic E-state index is 5.71. The van der Waals surface area contributed by atoms with Gasteiger partial charge in [-0.25, -0.2) is 4.98 Å². The van der Waals surface area contributed by atoms with Gasteiger partial charge in [-0.15, -0.1) is 0 Å². The van der Waals surface area contributed by atoms with E-state index >= 15 is 0 Å². The number of nitrogens with zero attached hydrogens (tertiary/aromatic N) is 1. The SMILES string of the molecule is CCNCc1ccc(CSc2ccc(Br)cn2)o1. The van der Waals surface area contributed by atoms with E-state index in [1.165, 1.54) is 0 Å². The standard InChI is InChI=1S/C13H15BrN2OS/c1-2-15-8-11-4-5-12(17-11)9-18-13-6-3-10(14)7-16-13/h3-7,15H,2,8-9H2,1H3. The van der Waals surface area contributed by atoms with Crippen LogP contribution in [0.15, 0.2) is 44.4 Å². The van der Waals surface area contributed by atoms with Crippen LogP contribution in [-0.2, 0) is 12.3 Å². The van der Waals surface area contributed by atoms with Gasteiger partial charge in [-0.05, 0) is 46.7 Å². The first-order chi connectivity index (χ1) is 8.78. The summed E-state index contributed by atoms with van der Waals surface area (Å²) in [6.07, 6.45) is 1.81. The van der Waals surface area contributed by atoms with Crippen molar-refractivity contribution < 1.29 is 4.42 Å². The number of nitrogens with one attached hydrogen (secondary N) is 1. The van der Waals surface area contributed by atoms with Crippen LogP contribution in [0.3, 0.4) is 0 Å². The topological polar surface area (TPSA) is 38.1 Å². The molecular weight excluding hydrogens is 312 g/mol. The zero-order valence-corrected chi connectivity index (χ0v) is 12.6. The number of rotatable bonds is 6. The number of aromatic nitrogens is 1. The lowest BCUT2D eigenvalue weighted by molar-refractivity contribution is 0.463. The van der Waals surface area contributed by atoms with E-state index in [1.807, 2.05) is 24.3 Å². The zero-order valence-electron chi connectivity index (χ0n) is 10.1. The van der Waals surface area contributed by atoms with Gasteiger partial charge in [0.05, 0.1) is 17.3 Å². The predicted molar refractivity (Wildman–Crippen MR) is 77.6 cm³/mol. The van der Waals surface area contributed by atoms with Crippen LogP contribution < -0.4 is 5.32 Å². The van der Waals surface area contributed by atoms with Gasteiger partial charge in [-0.1, -0.05) is 18.7 Å². The molecule has 0 radical (unpaired) electrons. The van der Waals surface area contributed by atoms with Gasteiger partial charge in [0, 0.05) is 10.7 Å². The number of thioether (sulfide) groups is 1. The van der Waals surface area contributed by atoms with E-state index in [-0.39, 0.29) is 0 Å². The van der Waals surface area contributed by atoms with Crippen LogP contribution in [0.1, 0.15) is 18.4 Å². The Hall–Kier alpha value is -0.780. The predicted octanol–water partition coefficient (Wildman–Crippen LogP) is 3.84. The molecule has 2 aromatic rings. The molecule has 0 saturated heterocycles. The van der Waals surface area contributed by atoms with Gasteiger partial charge in [0.25, 0.3) is 0 Å². The van der Waals surface area contributed by atoms with Gasteiger partial charge in [0.15, 0.2) is 0 Å². The van der Waals surface area contributed by atoms with E-state index in [0.29, 0.717) is 0 Å². The molecule has 0 saturated carbocycles. The molecular formula is C13H15BrN2OS. The Morgan fingerprint density at radius 2 is 2.11 bits per heavy atom. The Balaban J connectivity index is 1.86. The highest BCUT2D eigenvalue weighted by Gasteiger charge is 2.03. The van der Waals surface area contributed by atoms with E-state index < -0.39 is 0 Å². The zero-order chi connectivity index (χ0) is 12.8. The van der Waals surface area contributed by atoms with E-state index in [0.717, 1.165) is 39.9 Å². The van der Waals surface area contributed by atoms with Crippen LogP contribution in [0.2, 0.25) is 0 Å². The van der Waals surface area contributed by atoms with Gasteiger partial charge in [0.2, 0.25) is 0 Å². The second-order valence-electron chi connectivity index (χ2n) is 3.75. The van der Waals surface area contributed by atoms with E-state index in [2.05, 4.69) is 33.2 Å². The molecule has 0 aliphatic carbocycles. The van der Waals surface area contributed by atoms with Crippen LogP contribution in [0.25, 0.3) is 0 Å². The molecule has 0 fully saturated rings. The summed E-state index contributed by atoms with van der Waals surface area (Å²) < 4.78 is 6.71. The molecule has 2 aromatic heterocycles. The van der Waals surface area contributed by atoms with Crippen molar-refractivity contribution in [3.63, 3.8) is 0 Å². The smallest absolute Gasteiger partial charge is 0.117 e. The molecule has 0 amide bonds. The van der Waals surface area contributed by atoms with Crippen LogP contribution >= 0.6 is 27.7 Å². The Bertz CT molecular complexity index is 484. The third-order valence-electron chi connectivity index (χ3n) is 2.33. The second kappa shape index (κ2) is 6.97. The number of halogens is 1. The van der Waals surface area contributed by atoms with E-state index in [1.54, 1.807) is 18.0 Å².